The molecule has 1 N–H and O–H groups in total. The van der Waals surface area contributed by atoms with Crippen LogP contribution in [0.15, 0.2) is 23.8 Å². The highest BCUT2D eigenvalue weighted by Gasteiger charge is 2.39. The molecule has 0 saturated carbocycles. The van der Waals surface area contributed by atoms with E-state index < -0.39 is 15.9 Å². The summed E-state index contributed by atoms with van der Waals surface area (Å²) in [5, 5.41) is 19.0. The Morgan fingerprint density at radius 3 is 2.85 bits per heavy atom. The van der Waals surface area contributed by atoms with Crippen LogP contribution in [0.25, 0.3) is 0 Å². The monoisotopic (exact) mass is 203 g/mol. The second kappa shape index (κ2) is 3.18. The lowest BCUT2D eigenvalue weighted by Crippen LogP contribution is -2.31. The van der Waals surface area contributed by atoms with Gasteiger partial charge in [-0.2, -0.15) is 0 Å². The molecule has 5 nitrogen and oxygen atoms in total. The van der Waals surface area contributed by atoms with Gasteiger partial charge in [-0.3, -0.25) is 10.1 Å². The van der Waals surface area contributed by atoms with Crippen LogP contribution in [0.4, 0.5) is 0 Å². The zero-order valence-corrected chi connectivity index (χ0v) is 7.19. The van der Waals surface area contributed by atoms with E-state index in [0.717, 1.165) is 6.08 Å². The van der Waals surface area contributed by atoms with Crippen molar-refractivity contribution >= 4 is 17.6 Å². The third-order valence-corrected chi connectivity index (χ3v) is 2.03. The number of alkyl halides is 1. The number of hydrogen-bond donors (Lipinski definition) is 1. The number of carbonyl (C=O) groups is 1. The van der Waals surface area contributed by atoms with Crippen molar-refractivity contribution in [1.82, 2.24) is 0 Å². The molecule has 0 aliphatic heterocycles. The minimum absolute atomic E-state index is 0.00165. The lowest BCUT2D eigenvalue weighted by molar-refractivity contribution is -0.527. The highest BCUT2D eigenvalue weighted by Crippen LogP contribution is 2.28. The third kappa shape index (κ3) is 1.86. The van der Waals surface area contributed by atoms with Crippen LogP contribution >= 0.6 is 11.6 Å². The van der Waals surface area contributed by atoms with Gasteiger partial charge >= 0.3 is 11.0 Å². The predicted molar refractivity (Wildman–Crippen MR) is 45.1 cm³/mol. The smallest absolute Gasteiger partial charge is 0.335 e. The van der Waals surface area contributed by atoms with Crippen LogP contribution in [-0.2, 0) is 4.79 Å². The molecule has 70 valence electrons. The van der Waals surface area contributed by atoms with E-state index in [-0.39, 0.29) is 12.0 Å². The van der Waals surface area contributed by atoms with Crippen LogP contribution in [0.2, 0.25) is 0 Å². The van der Waals surface area contributed by atoms with Gasteiger partial charge in [0.1, 0.15) is 0 Å². The molecule has 1 rings (SSSR count). The fraction of sp³-hybridized carbons (Fsp3) is 0.286. The maximum absolute atomic E-state index is 10.5. The fourth-order valence-corrected chi connectivity index (χ4v) is 1.16. The number of nitro groups is 1. The summed E-state index contributed by atoms with van der Waals surface area (Å²) in [6.07, 6.45) is 3.61. The molecule has 0 fully saturated rings. The van der Waals surface area contributed by atoms with E-state index in [1.165, 1.54) is 12.2 Å². The Hall–Kier alpha value is -1.36. The van der Waals surface area contributed by atoms with Gasteiger partial charge in [-0.1, -0.05) is 12.2 Å². The van der Waals surface area contributed by atoms with Crippen molar-refractivity contribution in [3.63, 3.8) is 0 Å². The first-order valence-electron chi connectivity index (χ1n) is 3.42. The van der Waals surface area contributed by atoms with Gasteiger partial charge in [-0.15, -0.1) is 0 Å². The van der Waals surface area contributed by atoms with Gasteiger partial charge in [0.15, 0.2) is 0 Å². The summed E-state index contributed by atoms with van der Waals surface area (Å²) in [6, 6.07) is 0. The number of rotatable bonds is 2. The standard InChI is InChI=1S/C7H6ClNO4/c8-7(9(12)13)3-1-2-5(4-7)6(10)11/h1-2,4H,3H2,(H,10,11). The molecule has 0 bridgehead atoms. The van der Waals surface area contributed by atoms with E-state index in [4.69, 9.17) is 16.7 Å². The van der Waals surface area contributed by atoms with Crippen LogP contribution in [-0.4, -0.2) is 21.0 Å². The van der Waals surface area contributed by atoms with Crippen LogP contribution in [0.3, 0.4) is 0 Å². The van der Waals surface area contributed by atoms with Crippen molar-refractivity contribution in [2.24, 2.45) is 0 Å². The van der Waals surface area contributed by atoms with Crippen LogP contribution in [0.5, 0.6) is 0 Å². The molecule has 1 atom stereocenters. The molecule has 0 aromatic carbocycles. The molecule has 0 spiro atoms. The number of aliphatic carboxylic acids is 1. The molecule has 1 unspecified atom stereocenters. The normalized spacial score (nSPS) is 26.7. The Kier molecular flexibility index (Phi) is 2.38. The zero-order valence-electron chi connectivity index (χ0n) is 6.44. The number of halogens is 1. The maximum Gasteiger partial charge on any atom is 0.335 e. The van der Waals surface area contributed by atoms with Crippen molar-refractivity contribution in [2.75, 3.05) is 0 Å². The predicted octanol–water partition coefficient (Wildman–Crippen LogP) is 1.17. The minimum Gasteiger partial charge on any atom is -0.478 e. The zero-order chi connectivity index (χ0) is 10.1. The largest absolute Gasteiger partial charge is 0.478 e. The molecule has 0 saturated heterocycles. The first-order valence-corrected chi connectivity index (χ1v) is 3.79. The van der Waals surface area contributed by atoms with Crippen molar-refractivity contribution in [3.8, 4) is 0 Å². The summed E-state index contributed by atoms with van der Waals surface area (Å²) < 4.78 is 0. The second-order valence-electron chi connectivity index (χ2n) is 2.59. The summed E-state index contributed by atoms with van der Waals surface area (Å²) in [6.45, 7) is 0. The SMILES string of the molecule is O=C(O)C1=CC(Cl)([N+](=O)[O-])CC=C1. The average Bonchev–Trinajstić information content (AvgIpc) is 2.04. The molecule has 0 aromatic rings. The van der Waals surface area contributed by atoms with Crippen LogP contribution in [0.1, 0.15) is 6.42 Å². The molecule has 1 aliphatic rings. The highest BCUT2D eigenvalue weighted by molar-refractivity contribution is 6.24. The summed E-state index contributed by atoms with van der Waals surface area (Å²) in [5.74, 6) is -1.22. The van der Waals surface area contributed by atoms with Gasteiger partial charge in [0.05, 0.1) is 12.0 Å². The Morgan fingerprint density at radius 1 is 1.77 bits per heavy atom. The van der Waals surface area contributed by atoms with Crippen molar-refractivity contribution in [1.29, 1.82) is 0 Å². The third-order valence-electron chi connectivity index (χ3n) is 1.63. The molecular weight excluding hydrogens is 198 g/mol. The van der Waals surface area contributed by atoms with Gasteiger partial charge in [-0.25, -0.2) is 4.79 Å². The summed E-state index contributed by atoms with van der Waals surface area (Å²) >= 11 is 5.56. The number of carboxylic acids is 1. The van der Waals surface area contributed by atoms with E-state index in [1.54, 1.807) is 0 Å². The molecular formula is C7H6ClNO4. The molecule has 0 aromatic heterocycles. The Morgan fingerprint density at radius 2 is 2.38 bits per heavy atom. The topological polar surface area (TPSA) is 80.4 Å². The van der Waals surface area contributed by atoms with Gasteiger partial charge < -0.3 is 5.11 Å². The first-order chi connectivity index (χ1) is 5.96. The molecule has 13 heavy (non-hydrogen) atoms. The van der Waals surface area contributed by atoms with Gasteiger partial charge in [0.2, 0.25) is 0 Å². The lowest BCUT2D eigenvalue weighted by atomic mass is 10.0. The number of nitrogens with zero attached hydrogens (tertiary/aromatic N) is 1. The summed E-state index contributed by atoms with van der Waals surface area (Å²) in [5.41, 5.74) is -0.155. The van der Waals surface area contributed by atoms with E-state index >= 15 is 0 Å². The quantitative estimate of drug-likeness (QED) is 0.316. The Balaban J connectivity index is 3.02. The summed E-state index contributed by atoms with van der Waals surface area (Å²) in [7, 11) is 0. The van der Waals surface area contributed by atoms with Crippen molar-refractivity contribution < 1.29 is 14.8 Å². The Bertz CT molecular complexity index is 322. The minimum atomic E-state index is -1.80. The average molecular weight is 204 g/mol. The van der Waals surface area contributed by atoms with Gasteiger partial charge in [-0.05, 0) is 11.6 Å². The molecule has 0 amide bonds. The summed E-state index contributed by atoms with van der Waals surface area (Å²) in [4.78, 5) is 18.4. The van der Waals surface area contributed by atoms with E-state index in [0.29, 0.717) is 0 Å². The van der Waals surface area contributed by atoms with Gasteiger partial charge in [0.25, 0.3) is 0 Å². The maximum atomic E-state index is 10.5. The van der Waals surface area contributed by atoms with E-state index in [1.807, 2.05) is 0 Å². The Labute approximate surface area is 78.5 Å². The van der Waals surface area contributed by atoms with Crippen LogP contribution in [0, 0.1) is 10.1 Å². The van der Waals surface area contributed by atoms with E-state index in [9.17, 15) is 14.9 Å². The second-order valence-corrected chi connectivity index (χ2v) is 3.24. The van der Waals surface area contributed by atoms with E-state index in [2.05, 4.69) is 0 Å². The fourth-order valence-electron chi connectivity index (χ4n) is 0.957. The number of hydrogen-bond acceptors (Lipinski definition) is 3. The van der Waals surface area contributed by atoms with Gasteiger partial charge in [0, 0.05) is 11.0 Å². The lowest BCUT2D eigenvalue weighted by Gasteiger charge is -2.15. The van der Waals surface area contributed by atoms with Crippen LogP contribution < -0.4 is 0 Å². The first kappa shape index (κ1) is 9.73. The number of carboxylic acid groups (broad SMARTS) is 1. The van der Waals surface area contributed by atoms with Crippen molar-refractivity contribution in [3.05, 3.63) is 33.9 Å². The molecule has 1 aliphatic carbocycles. The molecule has 0 radical (unpaired) electrons. The molecule has 0 heterocycles. The highest BCUT2D eigenvalue weighted by atomic mass is 35.5. The molecule has 6 heteroatoms. The van der Waals surface area contributed by atoms with Crippen molar-refractivity contribution in [2.45, 2.75) is 11.4 Å².